The van der Waals surface area contributed by atoms with Gasteiger partial charge in [0.05, 0.1) is 7.11 Å². The molecule has 1 N–H and O–H groups in total. The van der Waals surface area contributed by atoms with Crippen molar-refractivity contribution in [2.45, 2.75) is 84.2 Å². The number of hydrogen-bond donors (Lipinski definition) is 1. The molecule has 0 saturated heterocycles. The Kier molecular flexibility index (Phi) is 5.68. The molecule has 8 atom stereocenters. The van der Waals surface area contributed by atoms with E-state index in [1.807, 2.05) is 31.2 Å². The van der Waals surface area contributed by atoms with E-state index in [9.17, 15) is 9.90 Å². The lowest BCUT2D eigenvalue weighted by molar-refractivity contribution is -0.144. The zero-order valence-corrected chi connectivity index (χ0v) is 20.8. The Bertz CT molecular complexity index is 970. The number of ketones is 1. The molecule has 1 aromatic rings. The van der Waals surface area contributed by atoms with Crippen LogP contribution in [0.2, 0.25) is 0 Å². The third-order valence-corrected chi connectivity index (χ3v) is 10.7. The van der Waals surface area contributed by atoms with Crippen LogP contribution in [0.1, 0.15) is 84.1 Å². The van der Waals surface area contributed by atoms with Crippen molar-refractivity contribution in [3.8, 4) is 17.6 Å². The van der Waals surface area contributed by atoms with E-state index < -0.39 is 5.60 Å². The van der Waals surface area contributed by atoms with Gasteiger partial charge in [-0.05, 0) is 123 Å². The third kappa shape index (κ3) is 3.74. The van der Waals surface area contributed by atoms with Crippen LogP contribution in [0.15, 0.2) is 24.3 Å². The van der Waals surface area contributed by atoms with E-state index in [0.29, 0.717) is 23.0 Å². The number of Topliss-reactive ketones (excluding diaryl/α,β-unsaturated/α-hetero) is 1. The Balaban J connectivity index is 1.32. The number of carbonyl (C=O) groups excluding carboxylic acids is 1. The van der Waals surface area contributed by atoms with E-state index in [0.717, 1.165) is 48.8 Å². The summed E-state index contributed by atoms with van der Waals surface area (Å²) in [5.74, 6) is 10.7. The first-order valence-electron chi connectivity index (χ1n) is 13.1. The number of rotatable bonds is 2. The number of fused-ring (bicyclic) bond motifs is 5. The van der Waals surface area contributed by atoms with Crippen molar-refractivity contribution in [2.24, 2.45) is 40.4 Å². The van der Waals surface area contributed by atoms with Crippen LogP contribution in [0.3, 0.4) is 0 Å². The minimum atomic E-state index is -0.882. The minimum Gasteiger partial charge on any atom is -0.497 e. The van der Waals surface area contributed by atoms with Gasteiger partial charge in [0.25, 0.3) is 0 Å². The SMILES string of the molecule is COc1ccc(C#C[C@@]2(O)CC[C@@]3(C)[C@@H](CC[C@@H]4[C@@H]3CC[C@]3(C)[C@@H](C(C)=O)CC[C@@H]43)C2)cc1. The van der Waals surface area contributed by atoms with Crippen molar-refractivity contribution in [2.75, 3.05) is 7.11 Å². The molecule has 4 aliphatic rings. The first-order valence-corrected chi connectivity index (χ1v) is 13.1. The molecule has 0 radical (unpaired) electrons. The molecule has 178 valence electrons. The lowest BCUT2D eigenvalue weighted by Crippen LogP contribution is -2.56. The first kappa shape index (κ1) is 23.0. The summed E-state index contributed by atoms with van der Waals surface area (Å²) in [5, 5.41) is 11.4. The molecular weight excluding hydrogens is 408 g/mol. The van der Waals surface area contributed by atoms with E-state index in [-0.39, 0.29) is 11.3 Å². The topological polar surface area (TPSA) is 46.5 Å². The van der Waals surface area contributed by atoms with E-state index >= 15 is 0 Å². The van der Waals surface area contributed by atoms with Crippen LogP contribution in [0.5, 0.6) is 5.75 Å². The molecule has 33 heavy (non-hydrogen) atoms. The van der Waals surface area contributed by atoms with Crippen LogP contribution in [-0.2, 0) is 4.79 Å². The van der Waals surface area contributed by atoms with Crippen molar-refractivity contribution >= 4 is 5.78 Å². The fourth-order valence-corrected chi connectivity index (χ4v) is 8.89. The van der Waals surface area contributed by atoms with Gasteiger partial charge in [0.15, 0.2) is 0 Å². The van der Waals surface area contributed by atoms with Crippen LogP contribution >= 0.6 is 0 Å². The lowest BCUT2D eigenvalue weighted by Gasteiger charge is -2.61. The normalized spacial score (nSPS) is 44.0. The number of ether oxygens (including phenoxy) is 1. The Hall–Kier alpha value is -1.79. The molecule has 0 spiro atoms. The highest BCUT2D eigenvalue weighted by molar-refractivity contribution is 5.79. The van der Waals surface area contributed by atoms with Gasteiger partial charge in [0, 0.05) is 11.5 Å². The summed E-state index contributed by atoms with van der Waals surface area (Å²) in [4.78, 5) is 12.4. The zero-order chi connectivity index (χ0) is 23.4. The van der Waals surface area contributed by atoms with Crippen LogP contribution in [0.25, 0.3) is 0 Å². The van der Waals surface area contributed by atoms with Crippen LogP contribution in [-0.4, -0.2) is 23.6 Å². The summed E-state index contributed by atoms with van der Waals surface area (Å²) < 4.78 is 5.23. The van der Waals surface area contributed by atoms with Crippen molar-refractivity contribution in [3.63, 3.8) is 0 Å². The largest absolute Gasteiger partial charge is 0.497 e. The van der Waals surface area contributed by atoms with Crippen LogP contribution < -0.4 is 4.74 Å². The predicted octanol–water partition coefficient (Wildman–Crippen LogP) is 6.03. The monoisotopic (exact) mass is 448 g/mol. The average Bonchev–Trinajstić information content (AvgIpc) is 3.16. The average molecular weight is 449 g/mol. The molecule has 0 unspecified atom stereocenters. The Morgan fingerprint density at radius 1 is 0.970 bits per heavy atom. The fraction of sp³-hybridized carbons (Fsp3) is 0.700. The molecule has 1 aromatic carbocycles. The Labute approximate surface area is 199 Å². The molecule has 0 aliphatic heterocycles. The number of benzene rings is 1. The maximum atomic E-state index is 12.4. The molecule has 0 heterocycles. The van der Waals surface area contributed by atoms with Crippen LogP contribution in [0, 0.1) is 52.3 Å². The molecule has 5 rings (SSSR count). The maximum absolute atomic E-state index is 12.4. The van der Waals surface area contributed by atoms with Crippen molar-refractivity contribution in [1.82, 2.24) is 0 Å². The molecular formula is C30H40O3. The second-order valence-corrected chi connectivity index (χ2v) is 12.2. The van der Waals surface area contributed by atoms with Gasteiger partial charge in [-0.2, -0.15) is 0 Å². The van der Waals surface area contributed by atoms with Gasteiger partial charge in [-0.25, -0.2) is 0 Å². The van der Waals surface area contributed by atoms with Gasteiger partial charge in [-0.15, -0.1) is 0 Å². The van der Waals surface area contributed by atoms with E-state index in [1.165, 1.54) is 32.1 Å². The molecule has 0 aromatic heterocycles. The summed E-state index contributed by atoms with van der Waals surface area (Å²) in [7, 11) is 1.67. The van der Waals surface area contributed by atoms with Gasteiger partial charge in [0.2, 0.25) is 0 Å². The van der Waals surface area contributed by atoms with Gasteiger partial charge >= 0.3 is 0 Å². The molecule has 4 saturated carbocycles. The lowest BCUT2D eigenvalue weighted by atomic mass is 9.44. The smallest absolute Gasteiger partial charge is 0.133 e. The number of aliphatic hydroxyl groups is 1. The maximum Gasteiger partial charge on any atom is 0.133 e. The predicted molar refractivity (Wildman–Crippen MR) is 131 cm³/mol. The standard InChI is InChI=1S/C30H40O3/c1-20(31)25-11-12-26-24-10-7-22-19-30(32,16-13-21-5-8-23(33-4)9-6-21)18-17-28(22,2)27(24)14-15-29(25,26)3/h5-6,8-9,22,24-27,32H,7,10-12,14-15,17-19H2,1-4H3/t22-,24-,25+,26-,27-,28-,29+,30+/m0/s1. The van der Waals surface area contributed by atoms with E-state index in [1.54, 1.807) is 7.11 Å². The summed E-state index contributed by atoms with van der Waals surface area (Å²) in [6.07, 6.45) is 9.88. The summed E-state index contributed by atoms with van der Waals surface area (Å²) >= 11 is 0. The zero-order valence-electron chi connectivity index (χ0n) is 20.8. The molecule has 3 heteroatoms. The van der Waals surface area contributed by atoms with Crippen molar-refractivity contribution in [1.29, 1.82) is 0 Å². The second-order valence-electron chi connectivity index (χ2n) is 12.2. The highest BCUT2D eigenvalue weighted by Crippen LogP contribution is 2.68. The van der Waals surface area contributed by atoms with E-state index in [4.69, 9.17) is 4.74 Å². The van der Waals surface area contributed by atoms with Gasteiger partial charge in [-0.1, -0.05) is 25.7 Å². The quantitative estimate of drug-likeness (QED) is 0.562. The van der Waals surface area contributed by atoms with Gasteiger partial charge in [0.1, 0.15) is 17.1 Å². The summed E-state index contributed by atoms with van der Waals surface area (Å²) in [6, 6.07) is 7.76. The minimum absolute atomic E-state index is 0.218. The highest BCUT2D eigenvalue weighted by Gasteiger charge is 2.61. The second kappa shape index (κ2) is 8.16. The van der Waals surface area contributed by atoms with Gasteiger partial charge < -0.3 is 9.84 Å². The summed E-state index contributed by atoms with van der Waals surface area (Å²) in [6.45, 7) is 6.76. The Morgan fingerprint density at radius 2 is 1.70 bits per heavy atom. The summed E-state index contributed by atoms with van der Waals surface area (Å²) in [5.41, 5.74) is 0.559. The molecule has 3 nitrogen and oxygen atoms in total. The van der Waals surface area contributed by atoms with Crippen molar-refractivity contribution in [3.05, 3.63) is 29.8 Å². The van der Waals surface area contributed by atoms with Crippen LogP contribution in [0.4, 0.5) is 0 Å². The van der Waals surface area contributed by atoms with Crippen molar-refractivity contribution < 1.29 is 14.6 Å². The van der Waals surface area contributed by atoms with E-state index in [2.05, 4.69) is 25.7 Å². The first-order chi connectivity index (χ1) is 15.7. The number of hydrogen-bond acceptors (Lipinski definition) is 3. The van der Waals surface area contributed by atoms with Gasteiger partial charge in [-0.3, -0.25) is 4.79 Å². The molecule has 0 bridgehead atoms. The molecule has 4 fully saturated rings. The fourth-order valence-electron chi connectivity index (χ4n) is 8.89. The molecule has 4 aliphatic carbocycles. The number of methoxy groups -OCH3 is 1. The highest BCUT2D eigenvalue weighted by atomic mass is 16.5. The third-order valence-electron chi connectivity index (χ3n) is 10.7. The molecule has 0 amide bonds. The Morgan fingerprint density at radius 3 is 2.39 bits per heavy atom. The number of carbonyl (C=O) groups is 1.